The van der Waals surface area contributed by atoms with Crippen molar-refractivity contribution < 1.29 is 9.90 Å². The number of nitrogens with one attached hydrogen (secondary N) is 1. The van der Waals surface area contributed by atoms with E-state index < -0.39 is 5.97 Å². The van der Waals surface area contributed by atoms with Crippen LogP contribution in [0.2, 0.25) is 0 Å². The number of carbonyl (C=O) groups is 1. The number of hydrogen-bond donors (Lipinski definition) is 2. The van der Waals surface area contributed by atoms with Gasteiger partial charge in [-0.15, -0.1) is 0 Å². The summed E-state index contributed by atoms with van der Waals surface area (Å²) in [7, 11) is 0. The fourth-order valence-corrected chi connectivity index (χ4v) is 2.99. The van der Waals surface area contributed by atoms with Gasteiger partial charge in [-0.25, -0.2) is 4.98 Å². The topological polar surface area (TPSA) is 67.2 Å². The van der Waals surface area contributed by atoms with Crippen LogP contribution >= 0.6 is 0 Å². The summed E-state index contributed by atoms with van der Waals surface area (Å²) in [6, 6.07) is 8.24. The molecule has 0 spiro atoms. The van der Waals surface area contributed by atoms with Crippen molar-refractivity contribution in [2.45, 2.75) is 31.7 Å². The highest BCUT2D eigenvalue weighted by atomic mass is 16.4. The van der Waals surface area contributed by atoms with Gasteiger partial charge in [0.25, 0.3) is 0 Å². The van der Waals surface area contributed by atoms with Gasteiger partial charge in [0.15, 0.2) is 0 Å². The van der Waals surface area contributed by atoms with E-state index in [-0.39, 0.29) is 12.0 Å². The van der Waals surface area contributed by atoms with Gasteiger partial charge in [0.05, 0.1) is 23.6 Å². The fourth-order valence-electron chi connectivity index (χ4n) is 2.99. The first-order chi connectivity index (χ1) is 10.2. The molecule has 5 heteroatoms. The quantitative estimate of drug-likeness (QED) is 0.906. The fraction of sp³-hybridized carbons (Fsp3) is 0.375. The molecule has 110 valence electrons. The smallest absolute Gasteiger partial charge is 0.306 e. The number of rotatable bonds is 4. The lowest BCUT2D eigenvalue weighted by molar-refractivity contribution is -0.142. The van der Waals surface area contributed by atoms with Crippen LogP contribution in [-0.4, -0.2) is 26.7 Å². The molecule has 5 nitrogen and oxygen atoms in total. The average molecular weight is 285 g/mol. The molecule has 2 atom stereocenters. The largest absolute Gasteiger partial charge is 0.481 e. The predicted octanol–water partition coefficient (Wildman–Crippen LogP) is 2.93. The number of carboxylic acids is 1. The van der Waals surface area contributed by atoms with Crippen LogP contribution in [0, 0.1) is 5.92 Å². The first-order valence-electron chi connectivity index (χ1n) is 7.31. The Hall–Kier alpha value is -2.30. The van der Waals surface area contributed by atoms with Gasteiger partial charge in [0, 0.05) is 18.4 Å². The Kier molecular flexibility index (Phi) is 3.90. The maximum Gasteiger partial charge on any atom is 0.306 e. The third-order valence-electron chi connectivity index (χ3n) is 4.07. The van der Waals surface area contributed by atoms with Gasteiger partial charge in [0.2, 0.25) is 0 Å². The lowest BCUT2D eigenvalue weighted by atomic mass is 9.85. The van der Waals surface area contributed by atoms with Crippen molar-refractivity contribution in [1.29, 1.82) is 0 Å². The molecule has 2 N–H and O–H groups in total. The van der Waals surface area contributed by atoms with Gasteiger partial charge in [-0.1, -0.05) is 18.6 Å². The number of anilines is 1. The highest BCUT2D eigenvalue weighted by Gasteiger charge is 2.27. The van der Waals surface area contributed by atoms with Crippen molar-refractivity contribution in [3.05, 3.63) is 43.0 Å². The summed E-state index contributed by atoms with van der Waals surface area (Å²) in [5, 5.41) is 12.7. The highest BCUT2D eigenvalue weighted by molar-refractivity contribution is 5.70. The van der Waals surface area contributed by atoms with Crippen molar-refractivity contribution >= 4 is 11.7 Å². The molecule has 1 fully saturated rings. The average Bonchev–Trinajstić information content (AvgIpc) is 3.02. The normalized spacial score (nSPS) is 21.9. The van der Waals surface area contributed by atoms with E-state index in [0.717, 1.165) is 30.6 Å². The zero-order chi connectivity index (χ0) is 14.7. The Labute approximate surface area is 123 Å². The minimum absolute atomic E-state index is 0.213. The molecule has 1 saturated carbocycles. The van der Waals surface area contributed by atoms with Gasteiger partial charge in [-0.3, -0.25) is 4.79 Å². The maximum atomic E-state index is 11.2. The van der Waals surface area contributed by atoms with Gasteiger partial charge >= 0.3 is 5.97 Å². The molecule has 2 unspecified atom stereocenters. The zero-order valence-corrected chi connectivity index (χ0v) is 11.8. The molecule has 0 saturated heterocycles. The van der Waals surface area contributed by atoms with Gasteiger partial charge in [0.1, 0.15) is 0 Å². The van der Waals surface area contributed by atoms with Crippen molar-refractivity contribution in [2.75, 3.05) is 5.32 Å². The Morgan fingerprint density at radius 1 is 1.33 bits per heavy atom. The molecular weight excluding hydrogens is 266 g/mol. The summed E-state index contributed by atoms with van der Waals surface area (Å²) in [6.45, 7) is 0. The molecule has 21 heavy (non-hydrogen) atoms. The number of carboxylic acid groups (broad SMARTS) is 1. The summed E-state index contributed by atoms with van der Waals surface area (Å²) >= 11 is 0. The van der Waals surface area contributed by atoms with Crippen LogP contribution in [0.15, 0.2) is 43.0 Å². The molecule has 3 rings (SSSR count). The van der Waals surface area contributed by atoms with E-state index in [4.69, 9.17) is 0 Å². The Bertz CT molecular complexity index is 610. The van der Waals surface area contributed by atoms with Gasteiger partial charge in [-0.05, 0) is 31.4 Å². The molecule has 0 amide bonds. The number of aromatic nitrogens is 2. The summed E-state index contributed by atoms with van der Waals surface area (Å²) in [4.78, 5) is 15.2. The van der Waals surface area contributed by atoms with E-state index in [1.807, 2.05) is 35.0 Å². The molecule has 0 aliphatic heterocycles. The van der Waals surface area contributed by atoms with Gasteiger partial charge < -0.3 is 15.0 Å². The van der Waals surface area contributed by atoms with Crippen LogP contribution in [0.4, 0.5) is 5.69 Å². The van der Waals surface area contributed by atoms with Gasteiger partial charge in [-0.2, -0.15) is 0 Å². The van der Waals surface area contributed by atoms with E-state index in [1.165, 1.54) is 0 Å². The molecule has 1 aliphatic rings. The monoisotopic (exact) mass is 285 g/mol. The second-order valence-corrected chi connectivity index (χ2v) is 5.53. The first-order valence-corrected chi connectivity index (χ1v) is 7.31. The van der Waals surface area contributed by atoms with E-state index in [0.29, 0.717) is 6.42 Å². The lowest BCUT2D eigenvalue weighted by Gasteiger charge is -2.29. The minimum Gasteiger partial charge on any atom is -0.481 e. The highest BCUT2D eigenvalue weighted by Crippen LogP contribution is 2.29. The van der Waals surface area contributed by atoms with Crippen LogP contribution in [0.25, 0.3) is 5.69 Å². The van der Waals surface area contributed by atoms with Crippen molar-refractivity contribution in [2.24, 2.45) is 5.92 Å². The summed E-state index contributed by atoms with van der Waals surface area (Å²) in [5.74, 6) is -0.902. The Morgan fingerprint density at radius 3 is 2.95 bits per heavy atom. The molecule has 1 heterocycles. The van der Waals surface area contributed by atoms with Crippen molar-refractivity contribution in [1.82, 2.24) is 9.55 Å². The number of aliphatic carboxylic acids is 1. The van der Waals surface area contributed by atoms with Crippen LogP contribution in [0.1, 0.15) is 25.7 Å². The first kappa shape index (κ1) is 13.7. The van der Waals surface area contributed by atoms with Crippen molar-refractivity contribution in [3.63, 3.8) is 0 Å². The van der Waals surface area contributed by atoms with Crippen LogP contribution in [0.5, 0.6) is 0 Å². The number of hydrogen-bond acceptors (Lipinski definition) is 3. The molecule has 1 aromatic carbocycles. The maximum absolute atomic E-state index is 11.2. The van der Waals surface area contributed by atoms with E-state index in [1.54, 1.807) is 12.5 Å². The van der Waals surface area contributed by atoms with Crippen LogP contribution in [0.3, 0.4) is 0 Å². The van der Waals surface area contributed by atoms with Crippen LogP contribution < -0.4 is 5.32 Å². The summed E-state index contributed by atoms with van der Waals surface area (Å²) in [6.07, 6.45) is 8.87. The zero-order valence-electron chi connectivity index (χ0n) is 11.8. The molecule has 0 radical (unpaired) electrons. The third-order valence-corrected chi connectivity index (χ3v) is 4.07. The SMILES string of the molecule is O=C(O)C1CCCC(Nc2ccccc2-n2ccnc2)C1. The van der Waals surface area contributed by atoms with E-state index >= 15 is 0 Å². The molecule has 2 aromatic rings. The molecule has 1 aromatic heterocycles. The molecular formula is C16H19N3O2. The minimum atomic E-state index is -0.676. The second-order valence-electron chi connectivity index (χ2n) is 5.53. The number of imidazole rings is 1. The summed E-state index contributed by atoms with van der Waals surface area (Å²) in [5.41, 5.74) is 2.05. The Balaban J connectivity index is 1.77. The molecule has 1 aliphatic carbocycles. The lowest BCUT2D eigenvalue weighted by Crippen LogP contribution is -2.31. The number of benzene rings is 1. The number of para-hydroxylation sites is 2. The van der Waals surface area contributed by atoms with E-state index in [2.05, 4.69) is 10.3 Å². The third kappa shape index (κ3) is 3.07. The second kappa shape index (κ2) is 5.99. The summed E-state index contributed by atoms with van der Waals surface area (Å²) < 4.78 is 1.96. The van der Waals surface area contributed by atoms with Crippen LogP contribution in [-0.2, 0) is 4.79 Å². The Morgan fingerprint density at radius 2 is 2.19 bits per heavy atom. The standard InChI is InChI=1S/C16H19N3O2/c20-16(21)12-4-3-5-13(10-12)18-14-6-1-2-7-15(14)19-9-8-17-11-19/h1-2,6-9,11-13,18H,3-5,10H2,(H,20,21). The number of nitrogens with zero attached hydrogens (tertiary/aromatic N) is 2. The van der Waals surface area contributed by atoms with E-state index in [9.17, 15) is 9.90 Å². The van der Waals surface area contributed by atoms with Crippen molar-refractivity contribution in [3.8, 4) is 5.69 Å². The molecule has 0 bridgehead atoms. The predicted molar refractivity (Wildman–Crippen MR) is 80.6 cm³/mol.